The van der Waals surface area contributed by atoms with Gasteiger partial charge in [0.25, 0.3) is 0 Å². The van der Waals surface area contributed by atoms with Gasteiger partial charge in [-0.05, 0) is 78.8 Å². The molecule has 3 aromatic heterocycles. The predicted octanol–water partition coefficient (Wildman–Crippen LogP) is 12.3. The van der Waals surface area contributed by atoms with Crippen LogP contribution < -0.4 is 4.74 Å². The van der Waals surface area contributed by atoms with Crippen molar-refractivity contribution in [2.24, 2.45) is 11.8 Å². The Morgan fingerprint density at radius 1 is 0.852 bits per heavy atom. The summed E-state index contributed by atoms with van der Waals surface area (Å²) in [5, 5.41) is 7.56. The molecular formula is C48H48N4OPt. The Kier molecular flexibility index (Phi) is 10.3. The summed E-state index contributed by atoms with van der Waals surface area (Å²) in [6, 6.07) is 39.2. The average molecular weight is 892 g/mol. The van der Waals surface area contributed by atoms with Crippen LogP contribution in [0.15, 0.2) is 109 Å². The zero-order valence-electron chi connectivity index (χ0n) is 32.5. The number of ether oxygens (including phenoxy) is 1. The molecule has 1 aliphatic carbocycles. The molecule has 0 spiro atoms. The molecule has 0 amide bonds. The average Bonchev–Trinajstić information content (AvgIpc) is 3.65. The number of aromatic nitrogens is 4. The zero-order valence-corrected chi connectivity index (χ0v) is 34.7. The van der Waals surface area contributed by atoms with Gasteiger partial charge in [0, 0.05) is 40.3 Å². The molecule has 0 radical (unpaired) electrons. The topological polar surface area (TPSA) is 44.9 Å². The van der Waals surface area contributed by atoms with Crippen LogP contribution >= 0.6 is 0 Å². The van der Waals surface area contributed by atoms with Crippen molar-refractivity contribution in [2.75, 3.05) is 0 Å². The smallest absolute Gasteiger partial charge is 0.509 e. The van der Waals surface area contributed by atoms with E-state index in [0.29, 0.717) is 23.3 Å². The molecule has 6 heteroatoms. The number of para-hydroxylation sites is 1. The number of nitrogens with zero attached hydrogens (tertiary/aromatic N) is 4. The molecule has 276 valence electrons. The van der Waals surface area contributed by atoms with Gasteiger partial charge in [0.05, 0.1) is 11.4 Å². The van der Waals surface area contributed by atoms with E-state index in [9.17, 15) is 0 Å². The SMILES string of the molecule is CCc1ccnc(-n2c3[c-]c(Oc4[c-]c(-n5nc(C)c(C6C(C)=C[C@H](C)C[C@@H]6C)c5-c5ccccc5)cc(C(C)(C)C)c4)ccc3c3ccccc32)c1.[Pt+2]. The van der Waals surface area contributed by atoms with E-state index in [1.165, 1.54) is 16.7 Å². The maximum absolute atomic E-state index is 6.77. The van der Waals surface area contributed by atoms with Crippen LogP contribution in [0, 0.1) is 30.9 Å². The number of allylic oxidation sites excluding steroid dienone is 2. The van der Waals surface area contributed by atoms with Crippen molar-refractivity contribution in [1.29, 1.82) is 0 Å². The van der Waals surface area contributed by atoms with E-state index in [1.807, 2.05) is 12.3 Å². The molecule has 0 fully saturated rings. The number of fused-ring (bicyclic) bond motifs is 3. The summed E-state index contributed by atoms with van der Waals surface area (Å²) in [5.41, 5.74) is 11.1. The first kappa shape index (κ1) is 37.6. The minimum Gasteiger partial charge on any atom is -0.509 e. The van der Waals surface area contributed by atoms with E-state index in [0.717, 1.165) is 68.7 Å². The quantitative estimate of drug-likeness (QED) is 0.118. The van der Waals surface area contributed by atoms with Crippen LogP contribution in [-0.2, 0) is 32.9 Å². The van der Waals surface area contributed by atoms with Gasteiger partial charge in [-0.3, -0.25) is 4.68 Å². The summed E-state index contributed by atoms with van der Waals surface area (Å²) in [7, 11) is 0. The van der Waals surface area contributed by atoms with Crippen molar-refractivity contribution in [3.63, 3.8) is 0 Å². The van der Waals surface area contributed by atoms with Gasteiger partial charge >= 0.3 is 21.1 Å². The van der Waals surface area contributed by atoms with Crippen LogP contribution in [-0.4, -0.2) is 19.3 Å². The van der Waals surface area contributed by atoms with Gasteiger partial charge in [-0.25, -0.2) is 4.98 Å². The predicted molar refractivity (Wildman–Crippen MR) is 218 cm³/mol. The van der Waals surface area contributed by atoms with Crippen LogP contribution in [0.1, 0.15) is 83.2 Å². The fourth-order valence-electron chi connectivity index (χ4n) is 8.49. The Labute approximate surface area is 334 Å². The number of aryl methyl sites for hydroxylation is 2. The summed E-state index contributed by atoms with van der Waals surface area (Å²) >= 11 is 0. The van der Waals surface area contributed by atoms with E-state index >= 15 is 0 Å². The molecule has 1 unspecified atom stereocenters. The molecule has 8 rings (SSSR count). The maximum Gasteiger partial charge on any atom is 2.00 e. The van der Waals surface area contributed by atoms with Crippen molar-refractivity contribution in [3.8, 4) is 34.3 Å². The molecule has 3 atom stereocenters. The molecular weight excluding hydrogens is 844 g/mol. The molecule has 7 aromatic rings. The molecule has 0 N–H and O–H groups in total. The molecule has 0 saturated carbocycles. The first-order chi connectivity index (χ1) is 25.5. The zero-order chi connectivity index (χ0) is 37.0. The van der Waals surface area contributed by atoms with Gasteiger partial charge in [-0.15, -0.1) is 41.3 Å². The fourth-order valence-corrected chi connectivity index (χ4v) is 8.49. The van der Waals surface area contributed by atoms with Crippen molar-refractivity contribution < 1.29 is 25.8 Å². The molecule has 0 saturated heterocycles. The molecule has 0 bridgehead atoms. The van der Waals surface area contributed by atoms with Crippen molar-refractivity contribution in [2.45, 2.75) is 79.6 Å². The van der Waals surface area contributed by atoms with Crippen LogP contribution in [0.3, 0.4) is 0 Å². The summed E-state index contributed by atoms with van der Waals surface area (Å²) in [6.07, 6.45) is 6.44. The van der Waals surface area contributed by atoms with Gasteiger partial charge in [0.15, 0.2) is 0 Å². The van der Waals surface area contributed by atoms with Gasteiger partial charge < -0.3 is 9.30 Å². The molecule has 4 aromatic carbocycles. The second kappa shape index (κ2) is 14.8. The van der Waals surface area contributed by atoms with E-state index in [4.69, 9.17) is 14.8 Å². The van der Waals surface area contributed by atoms with Crippen molar-refractivity contribution >= 4 is 21.8 Å². The van der Waals surface area contributed by atoms with Gasteiger partial charge in [0.1, 0.15) is 5.82 Å². The van der Waals surface area contributed by atoms with Crippen LogP contribution in [0.5, 0.6) is 11.5 Å². The van der Waals surface area contributed by atoms with Crippen molar-refractivity contribution in [1.82, 2.24) is 19.3 Å². The van der Waals surface area contributed by atoms with E-state index in [1.54, 1.807) is 0 Å². The molecule has 0 aliphatic heterocycles. The number of hydrogen-bond acceptors (Lipinski definition) is 3. The monoisotopic (exact) mass is 891 g/mol. The fraction of sp³-hybridized carbons (Fsp3) is 0.292. The Bertz CT molecular complexity index is 2500. The minimum atomic E-state index is -0.150. The normalized spacial score (nSPS) is 17.4. The Morgan fingerprint density at radius 2 is 1.61 bits per heavy atom. The second-order valence-electron chi connectivity index (χ2n) is 16.0. The molecule has 54 heavy (non-hydrogen) atoms. The van der Waals surface area contributed by atoms with Crippen molar-refractivity contribution in [3.05, 3.63) is 143 Å². The Morgan fingerprint density at radius 3 is 2.35 bits per heavy atom. The summed E-state index contributed by atoms with van der Waals surface area (Å²) in [6.45, 7) is 18.1. The largest absolute Gasteiger partial charge is 2.00 e. The Hall–Kier alpha value is -4.73. The number of rotatable bonds is 7. The molecule has 3 heterocycles. The number of pyridine rings is 1. The summed E-state index contributed by atoms with van der Waals surface area (Å²) < 4.78 is 11.1. The third-order valence-corrected chi connectivity index (χ3v) is 11.0. The van der Waals surface area contributed by atoms with Gasteiger partial charge in [-0.2, -0.15) is 11.2 Å². The standard InChI is InChI=1S/C48H48N4O.Pt/c1-9-34-21-22-49-44(25-34)51-42-18-14-13-17-40(42)41-20-19-38(29-43(41)51)53-39-27-36(48(6,7)8)26-37(28-39)52-47(35-15-11-10-12-16-35)46(33(5)50-52)45-31(3)23-30(2)24-32(45)4;/h10-23,25-27,30,32,45H,9,24H2,1-8H3;/q-2;+2/t30-,32-,45?;/m0./s1. The maximum atomic E-state index is 6.77. The Balaban J connectivity index is 0.00000450. The van der Waals surface area contributed by atoms with Crippen LogP contribution in [0.4, 0.5) is 0 Å². The van der Waals surface area contributed by atoms with Gasteiger partial charge in [-0.1, -0.05) is 107 Å². The van der Waals surface area contributed by atoms with Crippen LogP contribution in [0.2, 0.25) is 0 Å². The summed E-state index contributed by atoms with van der Waals surface area (Å²) in [4.78, 5) is 4.80. The summed E-state index contributed by atoms with van der Waals surface area (Å²) in [5.74, 6) is 3.48. The minimum absolute atomic E-state index is 0. The third-order valence-electron chi connectivity index (χ3n) is 11.0. The number of benzene rings is 4. The van der Waals surface area contributed by atoms with Crippen LogP contribution in [0.25, 0.3) is 44.6 Å². The van der Waals surface area contributed by atoms with E-state index in [-0.39, 0.29) is 32.4 Å². The molecule has 5 nitrogen and oxygen atoms in total. The van der Waals surface area contributed by atoms with Gasteiger partial charge in [0.2, 0.25) is 0 Å². The second-order valence-corrected chi connectivity index (χ2v) is 16.0. The molecule has 1 aliphatic rings. The first-order valence-electron chi connectivity index (χ1n) is 19.0. The first-order valence-corrected chi connectivity index (χ1v) is 19.0. The van der Waals surface area contributed by atoms with E-state index in [2.05, 4.69) is 168 Å². The number of hydrogen-bond donors (Lipinski definition) is 0. The van der Waals surface area contributed by atoms with E-state index < -0.39 is 0 Å². The third kappa shape index (κ3) is 6.88.